The number of carbonyl (C=O) groups excluding carboxylic acids is 1. The summed E-state index contributed by atoms with van der Waals surface area (Å²) in [6.07, 6.45) is 0.0745. The van der Waals surface area contributed by atoms with E-state index in [-0.39, 0.29) is 18.2 Å². The summed E-state index contributed by atoms with van der Waals surface area (Å²) in [7, 11) is 3.90. The summed E-state index contributed by atoms with van der Waals surface area (Å²) >= 11 is 0. The molecule has 94 valence electrons. The molecule has 0 radical (unpaired) electrons. The summed E-state index contributed by atoms with van der Waals surface area (Å²) in [4.78, 5) is 25.7. The van der Waals surface area contributed by atoms with E-state index in [0.717, 1.165) is 6.54 Å². The first-order valence-electron chi connectivity index (χ1n) is 5.45. The number of hydrogen-bond acceptors (Lipinski definition) is 4. The number of carboxylic acid groups (broad SMARTS) is 1. The largest absolute Gasteiger partial charge is 0.481 e. The van der Waals surface area contributed by atoms with Gasteiger partial charge in [0.25, 0.3) is 0 Å². The predicted octanol–water partition coefficient (Wildman–Crippen LogP) is 0.302. The fraction of sp³-hybridized carbons (Fsp3) is 0.818. The quantitative estimate of drug-likeness (QED) is 0.650. The van der Waals surface area contributed by atoms with Crippen molar-refractivity contribution in [3.05, 3.63) is 0 Å². The highest BCUT2D eigenvalue weighted by atomic mass is 16.4. The van der Waals surface area contributed by atoms with Crippen LogP contribution in [-0.4, -0.2) is 66.4 Å². The van der Waals surface area contributed by atoms with Gasteiger partial charge >= 0.3 is 5.97 Å². The van der Waals surface area contributed by atoms with E-state index in [1.54, 1.807) is 0 Å². The van der Waals surface area contributed by atoms with E-state index in [1.807, 2.05) is 30.8 Å². The van der Waals surface area contributed by atoms with Crippen LogP contribution in [0.2, 0.25) is 0 Å². The highest BCUT2D eigenvalue weighted by molar-refractivity contribution is 5.81. The molecule has 0 bridgehead atoms. The molecular formula is C11H22N2O3. The minimum Gasteiger partial charge on any atom is -0.481 e. The molecule has 0 aliphatic carbocycles. The number of hydrogen-bond donors (Lipinski definition) is 1. The van der Waals surface area contributed by atoms with Gasteiger partial charge in [0.15, 0.2) is 0 Å². The third kappa shape index (κ3) is 6.53. The lowest BCUT2D eigenvalue weighted by molar-refractivity contribution is -0.138. The molecular weight excluding hydrogens is 208 g/mol. The van der Waals surface area contributed by atoms with Crippen LogP contribution in [0.3, 0.4) is 0 Å². The standard InChI is InChI=1S/C11H22N2O3/c1-9(10(2)14)13(6-5-11(15)16)8-7-12(3)4/h9H,5-8H2,1-4H3,(H,15,16). The van der Waals surface area contributed by atoms with Crippen molar-refractivity contribution < 1.29 is 14.7 Å². The van der Waals surface area contributed by atoms with Crippen molar-refractivity contribution in [2.24, 2.45) is 0 Å². The Bertz CT molecular complexity index is 241. The van der Waals surface area contributed by atoms with Gasteiger partial charge in [0.1, 0.15) is 5.78 Å². The zero-order valence-electron chi connectivity index (χ0n) is 10.6. The molecule has 0 aliphatic heterocycles. The maximum Gasteiger partial charge on any atom is 0.304 e. The molecule has 0 fully saturated rings. The molecule has 0 aromatic rings. The van der Waals surface area contributed by atoms with Crippen LogP contribution >= 0.6 is 0 Å². The summed E-state index contributed by atoms with van der Waals surface area (Å²) in [6, 6.07) is -0.209. The van der Waals surface area contributed by atoms with E-state index in [0.29, 0.717) is 13.1 Å². The lowest BCUT2D eigenvalue weighted by Crippen LogP contribution is -2.42. The van der Waals surface area contributed by atoms with Crippen molar-refractivity contribution in [3.8, 4) is 0 Å². The van der Waals surface area contributed by atoms with Crippen LogP contribution in [-0.2, 0) is 9.59 Å². The first-order valence-corrected chi connectivity index (χ1v) is 5.45. The van der Waals surface area contributed by atoms with Gasteiger partial charge in [-0.05, 0) is 27.9 Å². The summed E-state index contributed by atoms with van der Waals surface area (Å²) in [5, 5.41) is 8.64. The van der Waals surface area contributed by atoms with Gasteiger partial charge < -0.3 is 10.0 Å². The average molecular weight is 230 g/mol. The minimum atomic E-state index is -0.828. The number of ketones is 1. The highest BCUT2D eigenvalue weighted by Gasteiger charge is 2.18. The van der Waals surface area contributed by atoms with Gasteiger partial charge in [0, 0.05) is 19.6 Å². The number of aliphatic carboxylic acids is 1. The Hall–Kier alpha value is -0.940. The summed E-state index contributed by atoms with van der Waals surface area (Å²) < 4.78 is 0. The Morgan fingerprint density at radius 1 is 1.19 bits per heavy atom. The number of nitrogens with zero attached hydrogens (tertiary/aromatic N) is 2. The molecule has 0 rings (SSSR count). The molecule has 0 saturated heterocycles. The van der Waals surface area contributed by atoms with Gasteiger partial charge in [0.2, 0.25) is 0 Å². The lowest BCUT2D eigenvalue weighted by atomic mass is 10.2. The molecule has 0 aromatic carbocycles. The highest BCUT2D eigenvalue weighted by Crippen LogP contribution is 2.02. The Labute approximate surface area is 97.0 Å². The predicted molar refractivity (Wildman–Crippen MR) is 62.5 cm³/mol. The summed E-state index contributed by atoms with van der Waals surface area (Å²) in [5.74, 6) is -0.755. The fourth-order valence-electron chi connectivity index (χ4n) is 1.32. The SMILES string of the molecule is CC(=O)C(C)N(CCC(=O)O)CCN(C)C. The van der Waals surface area contributed by atoms with Gasteiger partial charge in [-0.2, -0.15) is 0 Å². The molecule has 0 aromatic heterocycles. The molecule has 0 heterocycles. The number of carboxylic acids is 1. The Balaban J connectivity index is 4.25. The van der Waals surface area contributed by atoms with Gasteiger partial charge in [-0.15, -0.1) is 0 Å². The van der Waals surface area contributed by atoms with Crippen molar-refractivity contribution in [2.45, 2.75) is 26.3 Å². The van der Waals surface area contributed by atoms with Gasteiger partial charge in [0.05, 0.1) is 12.5 Å². The van der Waals surface area contributed by atoms with Gasteiger partial charge in [-0.1, -0.05) is 0 Å². The molecule has 0 saturated carbocycles. The maximum absolute atomic E-state index is 11.3. The average Bonchev–Trinajstić information content (AvgIpc) is 2.16. The van der Waals surface area contributed by atoms with E-state index < -0.39 is 5.97 Å². The first-order chi connectivity index (χ1) is 7.34. The van der Waals surface area contributed by atoms with Crippen LogP contribution < -0.4 is 0 Å². The maximum atomic E-state index is 11.3. The van der Waals surface area contributed by atoms with Crippen molar-refractivity contribution in [3.63, 3.8) is 0 Å². The van der Waals surface area contributed by atoms with Crippen molar-refractivity contribution in [1.82, 2.24) is 9.80 Å². The number of rotatable bonds is 8. The van der Waals surface area contributed by atoms with Crippen molar-refractivity contribution >= 4 is 11.8 Å². The smallest absolute Gasteiger partial charge is 0.304 e. The molecule has 1 N–H and O–H groups in total. The third-order valence-corrected chi connectivity index (χ3v) is 2.58. The van der Waals surface area contributed by atoms with Crippen LogP contribution in [0.4, 0.5) is 0 Å². The third-order valence-electron chi connectivity index (χ3n) is 2.58. The van der Waals surface area contributed by atoms with E-state index >= 15 is 0 Å². The van der Waals surface area contributed by atoms with E-state index in [2.05, 4.69) is 0 Å². The number of Topliss-reactive ketones (excluding diaryl/α,β-unsaturated/α-hetero) is 1. The Kier molecular flexibility index (Phi) is 6.92. The van der Waals surface area contributed by atoms with E-state index in [1.165, 1.54) is 6.92 Å². The second-order valence-electron chi connectivity index (χ2n) is 4.27. The second kappa shape index (κ2) is 7.35. The Morgan fingerprint density at radius 3 is 2.12 bits per heavy atom. The minimum absolute atomic E-state index is 0.0733. The fourth-order valence-corrected chi connectivity index (χ4v) is 1.32. The van der Waals surface area contributed by atoms with Crippen molar-refractivity contribution in [2.75, 3.05) is 33.7 Å². The van der Waals surface area contributed by atoms with Crippen LogP contribution in [0.5, 0.6) is 0 Å². The second-order valence-corrected chi connectivity index (χ2v) is 4.27. The number of carbonyl (C=O) groups is 2. The molecule has 1 atom stereocenters. The summed E-state index contributed by atoms with van der Waals surface area (Å²) in [6.45, 7) is 5.30. The molecule has 5 nitrogen and oxygen atoms in total. The molecule has 0 spiro atoms. The zero-order chi connectivity index (χ0) is 12.7. The molecule has 0 aliphatic rings. The van der Waals surface area contributed by atoms with Gasteiger partial charge in [-0.25, -0.2) is 0 Å². The molecule has 16 heavy (non-hydrogen) atoms. The normalized spacial score (nSPS) is 13.1. The van der Waals surface area contributed by atoms with E-state index in [4.69, 9.17) is 5.11 Å². The van der Waals surface area contributed by atoms with Crippen LogP contribution in [0.15, 0.2) is 0 Å². The topological polar surface area (TPSA) is 60.9 Å². The molecule has 0 amide bonds. The van der Waals surface area contributed by atoms with Crippen LogP contribution in [0.25, 0.3) is 0 Å². The monoisotopic (exact) mass is 230 g/mol. The molecule has 1 unspecified atom stereocenters. The lowest BCUT2D eigenvalue weighted by Gasteiger charge is -2.27. The number of likely N-dealkylation sites (N-methyl/N-ethyl adjacent to an activating group) is 1. The first kappa shape index (κ1) is 15.1. The van der Waals surface area contributed by atoms with Crippen LogP contribution in [0, 0.1) is 0 Å². The Morgan fingerprint density at radius 2 is 1.75 bits per heavy atom. The summed E-state index contributed by atoms with van der Waals surface area (Å²) in [5.41, 5.74) is 0. The van der Waals surface area contributed by atoms with Crippen molar-refractivity contribution in [1.29, 1.82) is 0 Å². The van der Waals surface area contributed by atoms with Crippen LogP contribution in [0.1, 0.15) is 20.3 Å². The zero-order valence-corrected chi connectivity index (χ0v) is 10.6. The van der Waals surface area contributed by atoms with Gasteiger partial charge in [-0.3, -0.25) is 14.5 Å². The molecule has 5 heteroatoms. The van der Waals surface area contributed by atoms with E-state index in [9.17, 15) is 9.59 Å².